The van der Waals surface area contributed by atoms with Crippen molar-refractivity contribution in [1.29, 1.82) is 0 Å². The molecule has 1 amide bonds. The first kappa shape index (κ1) is 23.7. The Morgan fingerprint density at radius 1 is 1.45 bits per heavy atom. The average Bonchev–Trinajstić information content (AvgIpc) is 3.21. The Kier molecular flexibility index (Phi) is 8.56. The van der Waals surface area contributed by atoms with Crippen LogP contribution in [0, 0.1) is 5.41 Å². The maximum Gasteiger partial charge on any atom is 0.290 e. The second-order valence-corrected chi connectivity index (χ2v) is 10.3. The van der Waals surface area contributed by atoms with Gasteiger partial charge >= 0.3 is 0 Å². The number of hydrogen-bond acceptors (Lipinski definition) is 7. The van der Waals surface area contributed by atoms with Gasteiger partial charge in [-0.2, -0.15) is 4.31 Å². The van der Waals surface area contributed by atoms with Crippen LogP contribution < -0.4 is 5.32 Å². The molecular formula is C18H30N4O5S2. The Bertz CT molecular complexity index is 771. The average molecular weight is 447 g/mol. The van der Waals surface area contributed by atoms with E-state index in [0.29, 0.717) is 32.5 Å². The summed E-state index contributed by atoms with van der Waals surface area (Å²) in [5.74, 6) is 0.0798. The highest BCUT2D eigenvalue weighted by molar-refractivity contribution is 7.89. The van der Waals surface area contributed by atoms with Crippen molar-refractivity contribution in [2.75, 3.05) is 39.0 Å². The van der Waals surface area contributed by atoms with E-state index in [9.17, 15) is 13.2 Å². The van der Waals surface area contributed by atoms with E-state index in [0.717, 1.165) is 25.1 Å². The lowest BCUT2D eigenvalue weighted by Gasteiger charge is -2.52. The molecule has 9 nitrogen and oxygen atoms in total. The fraction of sp³-hybridized carbons (Fsp3) is 0.722. The second kappa shape index (κ2) is 10.5. The molecule has 1 aromatic heterocycles. The summed E-state index contributed by atoms with van der Waals surface area (Å²) in [6, 6.07) is -0.278. The summed E-state index contributed by atoms with van der Waals surface area (Å²) in [7, 11) is -1.33. The number of fused-ring (bicyclic) bond motifs is 1. The molecule has 2 saturated heterocycles. The third-order valence-corrected chi connectivity index (χ3v) is 8.25. The Morgan fingerprint density at radius 2 is 2.17 bits per heavy atom. The normalized spacial score (nSPS) is 25.4. The molecule has 2 aliphatic heterocycles. The van der Waals surface area contributed by atoms with Gasteiger partial charge in [-0.15, -0.1) is 11.3 Å². The molecular weight excluding hydrogens is 416 g/mol. The minimum Gasteiger partial charge on any atom is -0.483 e. The second-order valence-electron chi connectivity index (χ2n) is 7.39. The predicted octanol–water partition coefficient (Wildman–Crippen LogP) is 0.639. The number of likely N-dealkylation sites (tertiary alicyclic amines) is 1. The highest BCUT2D eigenvalue weighted by Crippen LogP contribution is 2.43. The quantitative estimate of drug-likeness (QED) is 0.615. The fourth-order valence-electron chi connectivity index (χ4n) is 4.20. The van der Waals surface area contributed by atoms with Gasteiger partial charge in [0.05, 0.1) is 28.4 Å². The molecule has 164 valence electrons. The number of carboxylic acid groups (broad SMARTS) is 1. The van der Waals surface area contributed by atoms with Gasteiger partial charge in [-0.05, 0) is 39.8 Å². The maximum absolute atomic E-state index is 13.2. The Hall–Kier alpha value is -1.56. The lowest BCUT2D eigenvalue weighted by Crippen LogP contribution is -2.66. The summed E-state index contributed by atoms with van der Waals surface area (Å²) in [5, 5.41) is 11.9. The van der Waals surface area contributed by atoms with Crippen molar-refractivity contribution >= 4 is 33.7 Å². The smallest absolute Gasteiger partial charge is 0.290 e. The van der Waals surface area contributed by atoms with Crippen LogP contribution in [0.4, 0.5) is 0 Å². The minimum absolute atomic E-state index is 0.00170. The van der Waals surface area contributed by atoms with E-state index in [4.69, 9.17) is 9.90 Å². The lowest BCUT2D eigenvalue weighted by atomic mass is 9.68. The molecule has 1 aromatic rings. The van der Waals surface area contributed by atoms with Gasteiger partial charge in [0, 0.05) is 31.4 Å². The van der Waals surface area contributed by atoms with E-state index < -0.39 is 15.4 Å². The van der Waals surface area contributed by atoms with Gasteiger partial charge in [-0.3, -0.25) is 9.59 Å². The van der Waals surface area contributed by atoms with Crippen LogP contribution in [0.1, 0.15) is 31.9 Å². The van der Waals surface area contributed by atoms with Crippen LogP contribution in [-0.4, -0.2) is 85.1 Å². The van der Waals surface area contributed by atoms with Crippen LogP contribution in [-0.2, 0) is 26.0 Å². The molecule has 3 heterocycles. The molecule has 3 rings (SSSR count). The zero-order valence-electron chi connectivity index (χ0n) is 16.9. The highest BCUT2D eigenvalue weighted by Gasteiger charge is 2.54. The molecule has 0 aromatic carbocycles. The number of likely N-dealkylation sites (N-methyl/N-ethyl adjacent to an activating group) is 1. The zero-order valence-corrected chi connectivity index (χ0v) is 18.5. The van der Waals surface area contributed by atoms with Crippen LogP contribution in [0.5, 0.6) is 0 Å². The fourth-order valence-corrected chi connectivity index (χ4v) is 6.19. The van der Waals surface area contributed by atoms with Gasteiger partial charge in [-0.25, -0.2) is 13.4 Å². The van der Waals surface area contributed by atoms with E-state index in [2.05, 4.69) is 15.2 Å². The van der Waals surface area contributed by atoms with Gasteiger partial charge < -0.3 is 15.3 Å². The van der Waals surface area contributed by atoms with Crippen LogP contribution in [0.25, 0.3) is 0 Å². The SMILES string of the molecule is CCS(=O)(=O)N1CCC[C@@]2(C(=O)NCCc3cscn3)CCN(C)C[C@H]12.O=CO. The zero-order chi connectivity index (χ0) is 21.5. The number of amides is 1. The molecule has 29 heavy (non-hydrogen) atoms. The molecule has 2 aliphatic rings. The number of carbonyl (C=O) groups excluding carboxylic acids is 1. The van der Waals surface area contributed by atoms with Crippen LogP contribution >= 0.6 is 11.3 Å². The topological polar surface area (TPSA) is 120 Å². The number of aromatic nitrogens is 1. The first-order valence-corrected chi connectivity index (χ1v) is 12.3. The van der Waals surface area contributed by atoms with Gasteiger partial charge in [0.2, 0.25) is 15.9 Å². The number of nitrogens with one attached hydrogen (secondary N) is 1. The minimum atomic E-state index is -3.32. The third-order valence-electron chi connectivity index (χ3n) is 5.74. The highest BCUT2D eigenvalue weighted by atomic mass is 32.2. The first-order valence-electron chi connectivity index (χ1n) is 9.72. The Labute approximate surface area is 176 Å². The predicted molar refractivity (Wildman–Crippen MR) is 111 cm³/mol. The maximum atomic E-state index is 13.2. The van der Waals surface area contributed by atoms with Crippen molar-refractivity contribution < 1.29 is 23.1 Å². The molecule has 0 spiro atoms. The summed E-state index contributed by atoms with van der Waals surface area (Å²) in [6.45, 7) is 3.90. The first-order chi connectivity index (χ1) is 13.8. The number of sulfonamides is 1. The Morgan fingerprint density at radius 3 is 2.79 bits per heavy atom. The molecule has 11 heteroatoms. The van der Waals surface area contributed by atoms with Crippen molar-refractivity contribution in [2.45, 2.75) is 38.6 Å². The van der Waals surface area contributed by atoms with E-state index in [1.54, 1.807) is 28.1 Å². The number of hydrogen-bond donors (Lipinski definition) is 2. The number of thiazole rings is 1. The van der Waals surface area contributed by atoms with Gasteiger partial charge in [0.25, 0.3) is 6.47 Å². The molecule has 2 atom stereocenters. The van der Waals surface area contributed by atoms with E-state index in [1.807, 2.05) is 12.4 Å². The standard InChI is InChI=1S/C17H28N4O3S2.CH2O2/c1-3-26(23,24)21-9-4-6-17(7-10-20(2)11-15(17)21)16(22)18-8-5-14-12-25-13-19-14;2-1-3/h12-13,15H,3-11H2,1-2H3,(H,18,22);1H,(H,2,3)/t15-,17+;/m0./s1. The number of piperidine rings is 2. The van der Waals surface area contributed by atoms with Crippen molar-refractivity contribution in [3.8, 4) is 0 Å². The van der Waals surface area contributed by atoms with E-state index in [-0.39, 0.29) is 24.2 Å². The van der Waals surface area contributed by atoms with Crippen LogP contribution in [0.15, 0.2) is 10.9 Å². The molecule has 0 saturated carbocycles. The summed E-state index contributed by atoms with van der Waals surface area (Å²) >= 11 is 1.55. The van der Waals surface area contributed by atoms with E-state index >= 15 is 0 Å². The third kappa shape index (κ3) is 5.53. The summed E-state index contributed by atoms with van der Waals surface area (Å²) in [4.78, 5) is 27.9. The van der Waals surface area contributed by atoms with Crippen molar-refractivity contribution in [3.63, 3.8) is 0 Å². The number of rotatable bonds is 6. The van der Waals surface area contributed by atoms with Crippen LogP contribution in [0.2, 0.25) is 0 Å². The van der Waals surface area contributed by atoms with Gasteiger partial charge in [-0.1, -0.05) is 0 Å². The summed E-state index contributed by atoms with van der Waals surface area (Å²) in [6.07, 6.45) is 2.89. The molecule has 0 bridgehead atoms. The largest absolute Gasteiger partial charge is 0.483 e. The molecule has 2 fully saturated rings. The molecule has 0 unspecified atom stereocenters. The van der Waals surface area contributed by atoms with Gasteiger partial charge in [0.1, 0.15) is 0 Å². The number of nitrogens with zero attached hydrogens (tertiary/aromatic N) is 3. The molecule has 2 N–H and O–H groups in total. The Balaban J connectivity index is 0.000000941. The van der Waals surface area contributed by atoms with Crippen molar-refractivity contribution in [3.05, 3.63) is 16.6 Å². The monoisotopic (exact) mass is 446 g/mol. The van der Waals surface area contributed by atoms with Gasteiger partial charge in [0.15, 0.2) is 0 Å². The summed E-state index contributed by atoms with van der Waals surface area (Å²) < 4.78 is 26.8. The molecule has 0 radical (unpaired) electrons. The van der Waals surface area contributed by atoms with Crippen molar-refractivity contribution in [2.24, 2.45) is 5.41 Å². The van der Waals surface area contributed by atoms with Crippen molar-refractivity contribution in [1.82, 2.24) is 19.5 Å². The van der Waals surface area contributed by atoms with Crippen LogP contribution in [0.3, 0.4) is 0 Å². The summed E-state index contributed by atoms with van der Waals surface area (Å²) in [5.41, 5.74) is 2.15. The van der Waals surface area contributed by atoms with E-state index in [1.165, 1.54) is 0 Å². The number of carbonyl (C=O) groups is 2. The molecule has 0 aliphatic carbocycles. The lowest BCUT2D eigenvalue weighted by molar-refractivity contribution is -0.141.